The summed E-state index contributed by atoms with van der Waals surface area (Å²) in [6.07, 6.45) is 0.599. The van der Waals surface area contributed by atoms with Crippen LogP contribution >= 0.6 is 11.6 Å². The van der Waals surface area contributed by atoms with E-state index in [0.717, 1.165) is 12.3 Å². The van der Waals surface area contributed by atoms with E-state index in [1.54, 1.807) is 17.4 Å². The van der Waals surface area contributed by atoms with Gasteiger partial charge in [0.15, 0.2) is 5.82 Å². The molecule has 0 aliphatic heterocycles. The molecule has 0 unspecified atom stereocenters. The lowest BCUT2D eigenvalue weighted by Crippen LogP contribution is -2.24. The number of unbranched alkanes of at least 4 members (excludes halogenated alkanes) is 2. The van der Waals surface area contributed by atoms with Gasteiger partial charge < -0.3 is 20.8 Å². The number of alkyl halides is 5. The summed E-state index contributed by atoms with van der Waals surface area (Å²) >= 11 is 5.80. The fraction of sp³-hybridized carbons (Fsp3) is 0.292. The number of pyridine rings is 1. The standard InChI is InChI=1S/C19H18ClF3N4O2.C5H4F3N3O/c20-14-10-25-17(26-16(14)24)13-8-11-4-6-27(18(28)12(11)9-15(13)21)5-2-1-3-7-29-19(22)23;6-5(7,8)3-2(9)1-10-11-4(3)12/h4,6,8-10,19H,1-3,5,7H2,(H2,24,25,26);1H,(H3,9,11,12). The number of aryl methyl sites for hydroxylation is 1. The number of nitrogens with two attached hydrogens (primary N) is 2. The van der Waals surface area contributed by atoms with Crippen LogP contribution in [-0.2, 0) is 17.5 Å². The molecule has 0 fully saturated rings. The zero-order valence-electron chi connectivity index (χ0n) is 20.9. The minimum Gasteiger partial charge on any atom is -0.397 e. The van der Waals surface area contributed by atoms with Crippen molar-refractivity contribution in [2.24, 2.45) is 0 Å². The second-order valence-corrected chi connectivity index (χ2v) is 8.79. The molecule has 41 heavy (non-hydrogen) atoms. The summed E-state index contributed by atoms with van der Waals surface area (Å²) in [5, 5.41) is 5.65. The number of benzene rings is 1. The number of anilines is 2. The highest BCUT2D eigenvalue weighted by atomic mass is 35.5. The van der Waals surface area contributed by atoms with Gasteiger partial charge in [-0.15, -0.1) is 0 Å². The molecule has 0 atom stereocenters. The molecule has 0 saturated carbocycles. The molecule has 220 valence electrons. The molecule has 17 heteroatoms. The Bertz CT molecular complexity index is 1630. The number of ether oxygens (including phenoxy) is 1. The monoisotopic (exact) mass is 605 g/mol. The molecule has 3 heterocycles. The minimum absolute atomic E-state index is 0.0322. The summed E-state index contributed by atoms with van der Waals surface area (Å²) in [5.74, 6) is -0.551. The van der Waals surface area contributed by atoms with E-state index in [4.69, 9.17) is 23.1 Å². The summed E-state index contributed by atoms with van der Waals surface area (Å²) in [7, 11) is 0. The zero-order valence-corrected chi connectivity index (χ0v) is 21.6. The number of hydrogen-bond acceptors (Lipinski definition) is 8. The van der Waals surface area contributed by atoms with Crippen LogP contribution in [0.5, 0.6) is 0 Å². The number of halogens is 7. The Kier molecular flexibility index (Phi) is 10.3. The van der Waals surface area contributed by atoms with E-state index in [1.807, 2.05) is 0 Å². The molecule has 0 amide bonds. The van der Waals surface area contributed by atoms with Crippen molar-refractivity contribution in [1.82, 2.24) is 24.7 Å². The van der Waals surface area contributed by atoms with Crippen LogP contribution in [0.15, 0.2) is 46.4 Å². The van der Waals surface area contributed by atoms with Crippen molar-refractivity contribution < 1.29 is 31.1 Å². The summed E-state index contributed by atoms with van der Waals surface area (Å²) in [6.45, 7) is -2.41. The first-order valence-corrected chi connectivity index (χ1v) is 12.1. The van der Waals surface area contributed by atoms with Gasteiger partial charge >= 0.3 is 12.8 Å². The Morgan fingerprint density at radius 1 is 1.10 bits per heavy atom. The van der Waals surface area contributed by atoms with Crippen molar-refractivity contribution in [1.29, 1.82) is 0 Å². The van der Waals surface area contributed by atoms with Gasteiger partial charge in [-0.05, 0) is 42.8 Å². The lowest BCUT2D eigenvalue weighted by molar-refractivity contribution is -0.138. The van der Waals surface area contributed by atoms with E-state index >= 15 is 0 Å². The fourth-order valence-corrected chi connectivity index (χ4v) is 3.69. The predicted octanol–water partition coefficient (Wildman–Crippen LogP) is 4.61. The Labute approximate surface area is 231 Å². The molecular weight excluding hydrogens is 584 g/mol. The van der Waals surface area contributed by atoms with Crippen LogP contribution in [-0.4, -0.2) is 38.0 Å². The van der Waals surface area contributed by atoms with Gasteiger partial charge in [-0.25, -0.2) is 19.5 Å². The molecule has 10 nitrogen and oxygen atoms in total. The highest BCUT2D eigenvalue weighted by molar-refractivity contribution is 6.32. The maximum atomic E-state index is 14.6. The lowest BCUT2D eigenvalue weighted by atomic mass is 10.1. The third kappa shape index (κ3) is 8.17. The highest BCUT2D eigenvalue weighted by Gasteiger charge is 2.36. The average Bonchev–Trinajstić information content (AvgIpc) is 2.88. The Morgan fingerprint density at radius 2 is 1.83 bits per heavy atom. The van der Waals surface area contributed by atoms with Crippen molar-refractivity contribution in [2.75, 3.05) is 18.1 Å². The first-order chi connectivity index (χ1) is 19.3. The Hall–Kier alpha value is -4.18. The first-order valence-electron chi connectivity index (χ1n) is 11.7. The molecule has 0 aliphatic rings. The maximum Gasteiger partial charge on any atom is 0.423 e. The molecular formula is C24H22ClF6N7O3. The van der Waals surface area contributed by atoms with Crippen LogP contribution in [0.1, 0.15) is 24.8 Å². The van der Waals surface area contributed by atoms with Gasteiger partial charge in [-0.2, -0.15) is 27.1 Å². The molecule has 0 aliphatic carbocycles. The number of H-pyrrole nitrogens is 1. The van der Waals surface area contributed by atoms with E-state index in [1.165, 1.54) is 16.8 Å². The SMILES string of the molecule is Nc1cn[nH]c(=O)c1C(F)(F)F.Nc1nc(-c2cc3ccn(CCCCCOC(F)F)c(=O)c3cc2F)ncc1Cl. The molecule has 0 spiro atoms. The summed E-state index contributed by atoms with van der Waals surface area (Å²) in [6, 6.07) is 4.33. The zero-order chi connectivity index (χ0) is 30.3. The molecule has 5 N–H and O–H groups in total. The maximum absolute atomic E-state index is 14.6. The number of aromatic amines is 1. The molecule has 1 aromatic carbocycles. The third-order valence-electron chi connectivity index (χ3n) is 5.53. The van der Waals surface area contributed by atoms with Gasteiger partial charge in [0, 0.05) is 12.7 Å². The number of aromatic nitrogens is 5. The largest absolute Gasteiger partial charge is 0.423 e. The van der Waals surface area contributed by atoms with E-state index in [0.29, 0.717) is 31.2 Å². The molecule has 0 bridgehead atoms. The van der Waals surface area contributed by atoms with Gasteiger partial charge in [-0.3, -0.25) is 9.59 Å². The predicted molar refractivity (Wildman–Crippen MR) is 139 cm³/mol. The van der Waals surface area contributed by atoms with Gasteiger partial charge in [0.1, 0.15) is 22.2 Å². The smallest absolute Gasteiger partial charge is 0.397 e. The van der Waals surface area contributed by atoms with Crippen LogP contribution < -0.4 is 22.6 Å². The van der Waals surface area contributed by atoms with Crippen molar-refractivity contribution in [3.8, 4) is 11.4 Å². The molecule has 4 aromatic rings. The number of nitrogens with one attached hydrogen (secondary N) is 1. The van der Waals surface area contributed by atoms with Crippen LogP contribution in [0.3, 0.4) is 0 Å². The van der Waals surface area contributed by atoms with E-state index in [-0.39, 0.29) is 39.8 Å². The van der Waals surface area contributed by atoms with Crippen LogP contribution in [0.4, 0.5) is 37.8 Å². The first kappa shape index (κ1) is 31.3. The minimum atomic E-state index is -4.74. The van der Waals surface area contributed by atoms with Crippen LogP contribution in [0.25, 0.3) is 22.2 Å². The quantitative estimate of drug-likeness (QED) is 0.194. The summed E-state index contributed by atoms with van der Waals surface area (Å²) in [4.78, 5) is 31.2. The molecule has 0 saturated heterocycles. The second kappa shape index (κ2) is 13.5. The average molecular weight is 606 g/mol. The summed E-state index contributed by atoms with van der Waals surface area (Å²) in [5.41, 5.74) is 6.92. The molecule has 4 rings (SSSR count). The number of nitrogens with zero attached hydrogens (tertiary/aromatic N) is 4. The van der Waals surface area contributed by atoms with Gasteiger partial charge in [0.25, 0.3) is 11.1 Å². The van der Waals surface area contributed by atoms with E-state index in [2.05, 4.69) is 19.8 Å². The normalized spacial score (nSPS) is 11.5. The van der Waals surface area contributed by atoms with Crippen LogP contribution in [0, 0.1) is 5.82 Å². The highest BCUT2D eigenvalue weighted by Crippen LogP contribution is 2.29. The van der Waals surface area contributed by atoms with Crippen molar-refractivity contribution in [2.45, 2.75) is 38.6 Å². The van der Waals surface area contributed by atoms with E-state index < -0.39 is 35.4 Å². The molecule has 0 radical (unpaired) electrons. The van der Waals surface area contributed by atoms with Gasteiger partial charge in [-0.1, -0.05) is 11.6 Å². The van der Waals surface area contributed by atoms with E-state index in [9.17, 15) is 35.9 Å². The Morgan fingerprint density at radius 3 is 2.44 bits per heavy atom. The van der Waals surface area contributed by atoms with Crippen LogP contribution in [0.2, 0.25) is 5.02 Å². The van der Waals surface area contributed by atoms with Gasteiger partial charge in [0.2, 0.25) is 0 Å². The third-order valence-corrected chi connectivity index (χ3v) is 5.82. The lowest BCUT2D eigenvalue weighted by Gasteiger charge is -2.09. The molecule has 3 aromatic heterocycles. The Balaban J connectivity index is 0.000000322. The van der Waals surface area contributed by atoms with Gasteiger partial charge in [0.05, 0.1) is 35.6 Å². The number of hydrogen-bond donors (Lipinski definition) is 3. The summed E-state index contributed by atoms with van der Waals surface area (Å²) < 4.78 is 80.0. The second-order valence-electron chi connectivity index (χ2n) is 8.38. The van der Waals surface area contributed by atoms with Crippen molar-refractivity contribution in [3.63, 3.8) is 0 Å². The number of fused-ring (bicyclic) bond motifs is 1. The van der Waals surface area contributed by atoms with Crippen molar-refractivity contribution in [3.05, 3.63) is 73.9 Å². The number of rotatable bonds is 8. The topological polar surface area (TPSA) is 155 Å². The number of nitrogen functional groups attached to an aromatic ring is 2. The fourth-order valence-electron chi connectivity index (χ4n) is 3.60. The van der Waals surface area contributed by atoms with Crippen molar-refractivity contribution >= 4 is 33.9 Å².